The Kier molecular flexibility index (Phi) is 5.15. The van der Waals surface area contributed by atoms with Gasteiger partial charge in [-0.15, -0.1) is 0 Å². The number of amides is 1. The lowest BCUT2D eigenvalue weighted by Crippen LogP contribution is -2.39. The molecular weight excluding hydrogens is 274 g/mol. The summed E-state index contributed by atoms with van der Waals surface area (Å²) >= 11 is 0. The van der Waals surface area contributed by atoms with E-state index in [0.29, 0.717) is 0 Å². The first-order chi connectivity index (χ1) is 10.5. The second-order valence-electron chi connectivity index (χ2n) is 5.32. The molecule has 22 heavy (non-hydrogen) atoms. The maximum absolute atomic E-state index is 11.3. The van der Waals surface area contributed by atoms with Crippen LogP contribution in [-0.4, -0.2) is 12.5 Å². The fourth-order valence-electron chi connectivity index (χ4n) is 2.55. The number of hydrogen-bond donors (Lipinski definition) is 1. The zero-order chi connectivity index (χ0) is 16.1. The molecule has 0 aliphatic carbocycles. The van der Waals surface area contributed by atoms with Crippen LogP contribution in [0.25, 0.3) is 0 Å². The summed E-state index contributed by atoms with van der Waals surface area (Å²) in [7, 11) is 0. The van der Waals surface area contributed by atoms with Crippen LogP contribution in [0.3, 0.4) is 0 Å². The smallest absolute Gasteiger partial charge is 0.281 e. The van der Waals surface area contributed by atoms with Crippen molar-refractivity contribution < 1.29 is 9.36 Å². The van der Waals surface area contributed by atoms with Crippen LogP contribution in [-0.2, 0) is 11.3 Å². The molecule has 1 aromatic heterocycles. The van der Waals surface area contributed by atoms with Crippen molar-refractivity contribution >= 4 is 23.1 Å². The van der Waals surface area contributed by atoms with Gasteiger partial charge in [0.1, 0.15) is 5.69 Å². The minimum Gasteiger partial charge on any atom is -0.326 e. The van der Waals surface area contributed by atoms with Crippen LogP contribution in [0.1, 0.15) is 26.3 Å². The van der Waals surface area contributed by atoms with E-state index in [4.69, 9.17) is 0 Å². The number of anilines is 3. The molecule has 4 heteroatoms. The lowest BCUT2D eigenvalue weighted by Gasteiger charge is -2.18. The van der Waals surface area contributed by atoms with Crippen LogP contribution in [0.4, 0.5) is 17.2 Å². The molecule has 0 aliphatic rings. The van der Waals surface area contributed by atoms with Gasteiger partial charge in [-0.1, -0.05) is 6.07 Å². The summed E-state index contributed by atoms with van der Waals surface area (Å²) in [6, 6.07) is 12.3. The van der Waals surface area contributed by atoms with E-state index in [1.807, 2.05) is 18.2 Å². The molecule has 1 aromatic carbocycles. The van der Waals surface area contributed by atoms with Gasteiger partial charge in [0, 0.05) is 24.7 Å². The standard InChI is InChI=1S/C18H23N3O/c1-5-20-11-10-14(3)12-18(20)21(6-2)17-9-7-8-16(13-17)19-15(4)22/h7-13H,5-6H2,1-4H3/p+1. The van der Waals surface area contributed by atoms with Crippen LogP contribution < -0.4 is 14.8 Å². The van der Waals surface area contributed by atoms with E-state index >= 15 is 0 Å². The lowest BCUT2D eigenvalue weighted by molar-refractivity contribution is -0.681. The van der Waals surface area contributed by atoms with Crippen molar-refractivity contribution in [1.29, 1.82) is 0 Å². The monoisotopic (exact) mass is 298 g/mol. The van der Waals surface area contributed by atoms with Crippen molar-refractivity contribution in [1.82, 2.24) is 0 Å². The van der Waals surface area contributed by atoms with Crippen LogP contribution in [0.15, 0.2) is 42.6 Å². The third kappa shape index (κ3) is 3.64. The molecule has 1 heterocycles. The largest absolute Gasteiger partial charge is 0.326 e. The Hall–Kier alpha value is -2.36. The molecular formula is C18H24N3O+. The number of aryl methyl sites for hydroxylation is 2. The van der Waals surface area contributed by atoms with E-state index < -0.39 is 0 Å². The first kappa shape index (κ1) is 16.0. The van der Waals surface area contributed by atoms with Crippen molar-refractivity contribution in [3.63, 3.8) is 0 Å². The highest BCUT2D eigenvalue weighted by molar-refractivity contribution is 5.89. The van der Waals surface area contributed by atoms with Gasteiger partial charge in [0.25, 0.3) is 5.82 Å². The molecule has 2 aromatic rings. The number of rotatable bonds is 5. The van der Waals surface area contributed by atoms with Crippen molar-refractivity contribution in [2.75, 3.05) is 16.8 Å². The Morgan fingerprint density at radius 3 is 2.64 bits per heavy atom. The second-order valence-corrected chi connectivity index (χ2v) is 5.32. The van der Waals surface area contributed by atoms with Gasteiger partial charge in [-0.3, -0.25) is 4.79 Å². The van der Waals surface area contributed by atoms with Crippen molar-refractivity contribution in [2.24, 2.45) is 0 Å². The summed E-state index contributed by atoms with van der Waals surface area (Å²) in [5, 5.41) is 2.84. The highest BCUT2D eigenvalue weighted by Gasteiger charge is 2.20. The Morgan fingerprint density at radius 1 is 1.23 bits per heavy atom. The summed E-state index contributed by atoms with van der Waals surface area (Å²) in [6.07, 6.45) is 2.12. The van der Waals surface area contributed by atoms with E-state index in [9.17, 15) is 4.79 Å². The van der Waals surface area contributed by atoms with Gasteiger partial charge in [0.05, 0.1) is 19.3 Å². The molecule has 0 unspecified atom stereocenters. The number of aromatic nitrogens is 1. The van der Waals surface area contributed by atoms with Gasteiger partial charge in [0.2, 0.25) is 5.91 Å². The van der Waals surface area contributed by atoms with Crippen LogP contribution >= 0.6 is 0 Å². The summed E-state index contributed by atoms with van der Waals surface area (Å²) in [5.41, 5.74) is 3.12. The van der Waals surface area contributed by atoms with Gasteiger partial charge in [0.15, 0.2) is 0 Å². The summed E-state index contributed by atoms with van der Waals surface area (Å²) in [5.74, 6) is 1.10. The Morgan fingerprint density at radius 2 is 2.00 bits per heavy atom. The van der Waals surface area contributed by atoms with E-state index in [0.717, 1.165) is 30.3 Å². The minimum absolute atomic E-state index is 0.0561. The van der Waals surface area contributed by atoms with Crippen LogP contribution in [0, 0.1) is 6.92 Å². The highest BCUT2D eigenvalue weighted by Crippen LogP contribution is 2.25. The molecule has 0 atom stereocenters. The topological polar surface area (TPSA) is 36.2 Å². The Labute approximate surface area is 132 Å². The van der Waals surface area contributed by atoms with Gasteiger partial charge in [-0.05, 0) is 44.5 Å². The molecule has 116 valence electrons. The average molecular weight is 298 g/mol. The van der Waals surface area contributed by atoms with Crippen molar-refractivity contribution in [3.8, 4) is 0 Å². The van der Waals surface area contributed by atoms with E-state index in [1.54, 1.807) is 0 Å². The van der Waals surface area contributed by atoms with Crippen LogP contribution in [0.5, 0.6) is 0 Å². The summed E-state index contributed by atoms with van der Waals surface area (Å²) in [6.45, 7) is 9.67. The summed E-state index contributed by atoms with van der Waals surface area (Å²) in [4.78, 5) is 13.5. The van der Waals surface area contributed by atoms with Crippen molar-refractivity contribution in [2.45, 2.75) is 34.2 Å². The molecule has 0 saturated heterocycles. The molecule has 2 rings (SSSR count). The van der Waals surface area contributed by atoms with E-state index in [-0.39, 0.29) is 5.91 Å². The predicted molar refractivity (Wildman–Crippen MR) is 90.5 cm³/mol. The number of pyridine rings is 1. The zero-order valence-corrected chi connectivity index (χ0v) is 13.8. The number of hydrogen-bond acceptors (Lipinski definition) is 2. The van der Waals surface area contributed by atoms with Gasteiger partial charge in [-0.25, -0.2) is 9.47 Å². The average Bonchev–Trinajstić information content (AvgIpc) is 2.48. The normalized spacial score (nSPS) is 10.4. The number of carbonyl (C=O) groups is 1. The minimum atomic E-state index is -0.0561. The molecule has 1 N–H and O–H groups in total. The number of nitrogens with one attached hydrogen (secondary N) is 1. The quantitative estimate of drug-likeness (QED) is 0.859. The first-order valence-corrected chi connectivity index (χ1v) is 7.70. The Bertz CT molecular complexity index is 667. The van der Waals surface area contributed by atoms with E-state index in [2.05, 4.69) is 60.0 Å². The van der Waals surface area contributed by atoms with Gasteiger partial charge < -0.3 is 5.32 Å². The number of benzene rings is 1. The first-order valence-electron chi connectivity index (χ1n) is 7.70. The molecule has 4 nitrogen and oxygen atoms in total. The molecule has 0 radical (unpaired) electrons. The SMILES string of the molecule is CCN(c1cccc(NC(C)=O)c1)c1cc(C)cc[n+]1CC. The molecule has 0 saturated carbocycles. The Balaban J connectivity index is 2.44. The van der Waals surface area contributed by atoms with Crippen LogP contribution in [0.2, 0.25) is 0 Å². The zero-order valence-electron chi connectivity index (χ0n) is 13.8. The van der Waals surface area contributed by atoms with E-state index in [1.165, 1.54) is 12.5 Å². The third-order valence-corrected chi connectivity index (χ3v) is 3.58. The molecule has 0 fully saturated rings. The molecule has 1 amide bonds. The molecule has 0 aliphatic heterocycles. The lowest BCUT2D eigenvalue weighted by atomic mass is 10.2. The maximum Gasteiger partial charge on any atom is 0.281 e. The number of carbonyl (C=O) groups excluding carboxylic acids is 1. The maximum atomic E-state index is 11.3. The fourth-order valence-corrected chi connectivity index (χ4v) is 2.55. The van der Waals surface area contributed by atoms with Crippen molar-refractivity contribution in [3.05, 3.63) is 48.2 Å². The van der Waals surface area contributed by atoms with Gasteiger partial charge >= 0.3 is 0 Å². The highest BCUT2D eigenvalue weighted by atomic mass is 16.1. The molecule has 0 spiro atoms. The van der Waals surface area contributed by atoms with Gasteiger partial charge in [-0.2, -0.15) is 0 Å². The molecule has 0 bridgehead atoms. The number of nitrogens with zero attached hydrogens (tertiary/aromatic N) is 2. The fraction of sp³-hybridized carbons (Fsp3) is 0.333. The second kappa shape index (κ2) is 7.07. The summed E-state index contributed by atoms with van der Waals surface area (Å²) < 4.78 is 2.22. The predicted octanol–water partition coefficient (Wildman–Crippen LogP) is 3.42. The third-order valence-electron chi connectivity index (χ3n) is 3.58.